The number of methoxy groups -OCH3 is 1. The molecule has 0 N–H and O–H groups in total. The normalized spacial score (nSPS) is 19.7. The Kier molecular flexibility index (Phi) is 7.32. The third-order valence-electron chi connectivity index (χ3n) is 7.10. The second-order valence-corrected chi connectivity index (χ2v) is 10.4. The molecule has 2 amide bonds. The number of nitrogens with zero attached hydrogens (tertiary/aromatic N) is 2. The van der Waals surface area contributed by atoms with Gasteiger partial charge in [-0.05, 0) is 72.3 Å². The Morgan fingerprint density at radius 1 is 0.833 bits per heavy atom. The summed E-state index contributed by atoms with van der Waals surface area (Å²) in [6.07, 6.45) is -1.11. The minimum Gasteiger partial charge on any atom is -0.493 e. The third kappa shape index (κ3) is 4.85. The van der Waals surface area contributed by atoms with E-state index < -0.39 is 41.7 Å². The zero-order chi connectivity index (χ0) is 29.5. The summed E-state index contributed by atoms with van der Waals surface area (Å²) in [7, 11) is 1.41. The van der Waals surface area contributed by atoms with Crippen molar-refractivity contribution in [1.29, 1.82) is 0 Å². The number of hydroxylamine groups is 1. The molecular formula is C31H21Cl2FN2O6. The molecule has 2 heterocycles. The zero-order valence-corrected chi connectivity index (χ0v) is 23.4. The number of anilines is 2. The Hall–Kier alpha value is -4.44. The lowest BCUT2D eigenvalue weighted by Gasteiger charge is -2.29. The maximum absolute atomic E-state index is 13.9. The van der Waals surface area contributed by atoms with Crippen LogP contribution >= 0.6 is 23.2 Å². The van der Waals surface area contributed by atoms with Crippen LogP contribution in [-0.4, -0.2) is 31.0 Å². The van der Waals surface area contributed by atoms with E-state index in [0.29, 0.717) is 11.3 Å². The first-order chi connectivity index (χ1) is 20.3. The van der Waals surface area contributed by atoms with Crippen LogP contribution in [0.5, 0.6) is 11.5 Å². The lowest BCUT2D eigenvalue weighted by atomic mass is 9.90. The van der Waals surface area contributed by atoms with Gasteiger partial charge < -0.3 is 9.47 Å². The molecule has 212 valence electrons. The summed E-state index contributed by atoms with van der Waals surface area (Å²) in [5.74, 6) is -2.80. The van der Waals surface area contributed by atoms with Gasteiger partial charge >= 0.3 is 5.97 Å². The number of esters is 1. The van der Waals surface area contributed by atoms with Gasteiger partial charge in [0.1, 0.15) is 11.7 Å². The molecule has 2 fully saturated rings. The molecule has 3 atom stereocenters. The molecule has 0 aliphatic carbocycles. The average molecular weight is 607 g/mol. The molecular weight excluding hydrogens is 586 g/mol. The van der Waals surface area contributed by atoms with Crippen molar-refractivity contribution in [2.45, 2.75) is 12.1 Å². The highest BCUT2D eigenvalue weighted by molar-refractivity contribution is 6.42. The second kappa shape index (κ2) is 11.1. The van der Waals surface area contributed by atoms with Crippen LogP contribution in [0.25, 0.3) is 0 Å². The summed E-state index contributed by atoms with van der Waals surface area (Å²) in [5, 5.41) is 2.03. The highest BCUT2D eigenvalue weighted by atomic mass is 35.5. The van der Waals surface area contributed by atoms with E-state index >= 15 is 0 Å². The van der Waals surface area contributed by atoms with Crippen LogP contribution in [0, 0.1) is 11.7 Å². The first-order valence-corrected chi connectivity index (χ1v) is 13.5. The van der Waals surface area contributed by atoms with Gasteiger partial charge in [-0.25, -0.2) is 19.1 Å². The van der Waals surface area contributed by atoms with Crippen LogP contribution in [0.4, 0.5) is 15.8 Å². The topological polar surface area (TPSA) is 85.4 Å². The largest absolute Gasteiger partial charge is 0.493 e. The van der Waals surface area contributed by atoms with E-state index in [1.165, 1.54) is 42.5 Å². The van der Waals surface area contributed by atoms with Crippen molar-refractivity contribution >= 4 is 52.4 Å². The molecule has 0 saturated carbocycles. The molecule has 6 rings (SSSR count). The van der Waals surface area contributed by atoms with Crippen LogP contribution in [-0.2, 0) is 14.4 Å². The Labute approximate surface area is 249 Å². The fraction of sp³-hybridized carbons (Fsp3) is 0.129. The first-order valence-electron chi connectivity index (χ1n) is 12.8. The quantitative estimate of drug-likeness (QED) is 0.142. The molecule has 0 radical (unpaired) electrons. The zero-order valence-electron chi connectivity index (χ0n) is 21.9. The van der Waals surface area contributed by atoms with Gasteiger partial charge in [-0.2, -0.15) is 0 Å². The molecule has 4 aromatic rings. The van der Waals surface area contributed by atoms with Crippen molar-refractivity contribution in [1.82, 2.24) is 0 Å². The predicted octanol–water partition coefficient (Wildman–Crippen LogP) is 6.41. The Morgan fingerprint density at radius 3 is 2.26 bits per heavy atom. The minimum atomic E-state index is -1.11. The number of amides is 2. The number of imide groups is 1. The summed E-state index contributed by atoms with van der Waals surface area (Å²) in [6.45, 7) is 0. The number of benzene rings is 4. The highest BCUT2D eigenvalue weighted by Gasteiger charge is 2.60. The van der Waals surface area contributed by atoms with Gasteiger partial charge in [0.05, 0.1) is 40.1 Å². The molecule has 0 aromatic heterocycles. The summed E-state index contributed by atoms with van der Waals surface area (Å²) in [5.41, 5.74) is 1.64. The van der Waals surface area contributed by atoms with Crippen molar-refractivity contribution in [2.75, 3.05) is 17.1 Å². The van der Waals surface area contributed by atoms with E-state index in [0.717, 1.165) is 17.0 Å². The maximum Gasteiger partial charge on any atom is 0.343 e. The molecule has 2 aliphatic rings. The van der Waals surface area contributed by atoms with Crippen LogP contribution in [0.1, 0.15) is 22.0 Å². The lowest BCUT2D eigenvalue weighted by Crippen LogP contribution is -2.37. The molecule has 4 aromatic carbocycles. The monoisotopic (exact) mass is 606 g/mol. The molecule has 11 heteroatoms. The van der Waals surface area contributed by atoms with E-state index in [-0.39, 0.29) is 32.8 Å². The number of hydrogen-bond acceptors (Lipinski definition) is 7. The van der Waals surface area contributed by atoms with E-state index in [2.05, 4.69) is 0 Å². The Balaban J connectivity index is 1.37. The first kappa shape index (κ1) is 27.7. The van der Waals surface area contributed by atoms with E-state index in [9.17, 15) is 18.8 Å². The van der Waals surface area contributed by atoms with Crippen molar-refractivity contribution in [3.8, 4) is 11.5 Å². The smallest absolute Gasteiger partial charge is 0.343 e. The number of hydrogen-bond donors (Lipinski definition) is 0. The number of ether oxygens (including phenoxy) is 2. The minimum absolute atomic E-state index is 0.114. The number of carbonyl (C=O) groups is 3. The van der Waals surface area contributed by atoms with Gasteiger partial charge in [0.15, 0.2) is 17.6 Å². The van der Waals surface area contributed by atoms with Crippen molar-refractivity contribution in [3.05, 3.63) is 118 Å². The summed E-state index contributed by atoms with van der Waals surface area (Å²) in [6, 6.07) is 22.6. The number of rotatable bonds is 6. The maximum atomic E-state index is 13.9. The van der Waals surface area contributed by atoms with Crippen molar-refractivity contribution in [3.63, 3.8) is 0 Å². The van der Waals surface area contributed by atoms with Gasteiger partial charge in [-0.1, -0.05) is 47.5 Å². The fourth-order valence-corrected chi connectivity index (χ4v) is 5.42. The molecule has 2 saturated heterocycles. The summed E-state index contributed by atoms with van der Waals surface area (Å²) in [4.78, 5) is 47.4. The second-order valence-electron chi connectivity index (χ2n) is 9.57. The van der Waals surface area contributed by atoms with Crippen LogP contribution < -0.4 is 19.4 Å². The fourth-order valence-electron chi connectivity index (χ4n) is 5.13. The van der Waals surface area contributed by atoms with Gasteiger partial charge in [0.2, 0.25) is 5.91 Å². The Bertz CT molecular complexity index is 1700. The van der Waals surface area contributed by atoms with Crippen LogP contribution in [0.2, 0.25) is 10.0 Å². The molecule has 2 aliphatic heterocycles. The molecule has 8 nitrogen and oxygen atoms in total. The highest BCUT2D eigenvalue weighted by Crippen LogP contribution is 2.49. The van der Waals surface area contributed by atoms with Crippen LogP contribution in [0.15, 0.2) is 91.0 Å². The van der Waals surface area contributed by atoms with E-state index in [4.69, 9.17) is 37.5 Å². The number of para-hydroxylation sites is 1. The van der Waals surface area contributed by atoms with Crippen molar-refractivity contribution < 1.29 is 33.1 Å². The number of fused-ring (bicyclic) bond motifs is 1. The Morgan fingerprint density at radius 2 is 1.57 bits per heavy atom. The van der Waals surface area contributed by atoms with E-state index in [1.54, 1.807) is 30.3 Å². The van der Waals surface area contributed by atoms with E-state index in [1.807, 2.05) is 18.2 Å². The SMILES string of the molecule is COc1cc([C@H]2[C@@H]3C(=O)N(c4ccc(Cl)c(Cl)c4)C(=O)[C@H]3ON2c2ccccc2)ccc1OC(=O)c1ccc(F)cc1. The summed E-state index contributed by atoms with van der Waals surface area (Å²) < 4.78 is 24.4. The van der Waals surface area contributed by atoms with Gasteiger partial charge in [0.25, 0.3) is 5.91 Å². The molecule has 0 spiro atoms. The van der Waals surface area contributed by atoms with Gasteiger partial charge in [-0.15, -0.1) is 0 Å². The lowest BCUT2D eigenvalue weighted by molar-refractivity contribution is -0.126. The third-order valence-corrected chi connectivity index (χ3v) is 7.84. The number of halogens is 3. The predicted molar refractivity (Wildman–Crippen MR) is 153 cm³/mol. The molecule has 0 unspecified atom stereocenters. The van der Waals surface area contributed by atoms with Gasteiger partial charge in [-0.3, -0.25) is 14.4 Å². The molecule has 0 bridgehead atoms. The van der Waals surface area contributed by atoms with Crippen LogP contribution in [0.3, 0.4) is 0 Å². The standard InChI is InChI=1S/C31H21Cl2FN2O6/c1-40-25-15-18(9-14-24(25)41-31(39)17-7-10-19(34)11-8-17)27-26-28(42-36(27)20-5-3-2-4-6-20)30(38)35(29(26)37)21-12-13-22(32)23(33)16-21/h2-16,26-28H,1H3/t26-,27-,28-/m0/s1. The van der Waals surface area contributed by atoms with Gasteiger partial charge in [0, 0.05) is 0 Å². The van der Waals surface area contributed by atoms with Crippen molar-refractivity contribution in [2.24, 2.45) is 5.92 Å². The molecule has 42 heavy (non-hydrogen) atoms. The average Bonchev–Trinajstić information content (AvgIpc) is 3.51. The number of carbonyl (C=O) groups excluding carboxylic acids is 3. The summed E-state index contributed by atoms with van der Waals surface area (Å²) >= 11 is 12.2.